The molecule has 1 aromatic carbocycles. The molecule has 0 radical (unpaired) electrons. The van der Waals surface area contributed by atoms with Crippen LogP contribution < -0.4 is 5.32 Å². The second-order valence-corrected chi connectivity index (χ2v) is 4.26. The molecule has 0 bridgehead atoms. The third kappa shape index (κ3) is 5.28. The second-order valence-electron chi connectivity index (χ2n) is 4.26. The van der Waals surface area contributed by atoms with E-state index >= 15 is 0 Å². The van der Waals surface area contributed by atoms with Crippen LogP contribution in [0.1, 0.15) is 16.8 Å². The summed E-state index contributed by atoms with van der Waals surface area (Å²) in [6.45, 7) is 0. The number of amides is 1. The van der Waals surface area contributed by atoms with Gasteiger partial charge in [-0.15, -0.1) is 0 Å². The number of hydrogen-bond acceptors (Lipinski definition) is 6. The third-order valence-corrected chi connectivity index (χ3v) is 2.75. The van der Waals surface area contributed by atoms with Crippen LogP contribution in [0.3, 0.4) is 0 Å². The van der Waals surface area contributed by atoms with E-state index in [4.69, 9.17) is 0 Å². The van der Waals surface area contributed by atoms with Crippen LogP contribution >= 0.6 is 0 Å². The highest BCUT2D eigenvalue weighted by Gasteiger charge is 2.21. The fraction of sp³-hybridized carbons (Fsp3) is 0.267. The van der Waals surface area contributed by atoms with Crippen LogP contribution in [0.5, 0.6) is 5.75 Å². The van der Waals surface area contributed by atoms with E-state index in [0.717, 1.165) is 6.08 Å². The molecule has 0 aromatic heterocycles. The molecule has 0 aliphatic heterocycles. The van der Waals surface area contributed by atoms with Gasteiger partial charge in [-0.25, -0.2) is 9.59 Å². The molecule has 7 heteroatoms. The third-order valence-electron chi connectivity index (χ3n) is 2.75. The number of hydrogen-bond donors (Lipinski definition) is 2. The topological polar surface area (TPSA) is 102 Å². The van der Waals surface area contributed by atoms with Gasteiger partial charge in [0, 0.05) is 11.6 Å². The van der Waals surface area contributed by atoms with E-state index in [2.05, 4.69) is 14.8 Å². The number of phenols is 1. The minimum Gasteiger partial charge on any atom is -0.508 e. The van der Waals surface area contributed by atoms with Crippen molar-refractivity contribution >= 4 is 17.8 Å². The largest absolute Gasteiger partial charge is 0.508 e. The SMILES string of the molecule is COC(=O)/C=C/C[C@H](NC(=O)c1ccc(O)cc1)C(=O)OC. The summed E-state index contributed by atoms with van der Waals surface area (Å²) in [6.07, 6.45) is 2.64. The molecule has 0 aliphatic carbocycles. The van der Waals surface area contributed by atoms with Gasteiger partial charge in [-0.05, 0) is 30.7 Å². The maximum atomic E-state index is 12.0. The zero-order valence-electron chi connectivity index (χ0n) is 12.2. The monoisotopic (exact) mass is 307 g/mol. The predicted molar refractivity (Wildman–Crippen MR) is 77.2 cm³/mol. The van der Waals surface area contributed by atoms with Crippen molar-refractivity contribution in [2.75, 3.05) is 14.2 Å². The zero-order valence-corrected chi connectivity index (χ0v) is 12.2. The highest BCUT2D eigenvalue weighted by molar-refractivity contribution is 5.96. The zero-order chi connectivity index (χ0) is 16.5. The van der Waals surface area contributed by atoms with E-state index in [1.807, 2.05) is 0 Å². The average molecular weight is 307 g/mol. The number of carbonyl (C=O) groups is 3. The molecule has 0 aliphatic rings. The standard InChI is InChI=1S/C15H17NO6/c1-21-13(18)5-3-4-12(15(20)22-2)16-14(19)10-6-8-11(17)9-7-10/h3,5-9,12,17H,4H2,1-2H3,(H,16,19)/b5-3+/t12-/m0/s1. The molecule has 22 heavy (non-hydrogen) atoms. The quantitative estimate of drug-likeness (QED) is 0.595. The molecule has 0 saturated carbocycles. The van der Waals surface area contributed by atoms with Crippen molar-refractivity contribution in [2.24, 2.45) is 0 Å². The molecule has 1 rings (SSSR count). The normalized spacial score (nSPS) is 11.7. The van der Waals surface area contributed by atoms with Crippen molar-refractivity contribution in [1.82, 2.24) is 5.32 Å². The van der Waals surface area contributed by atoms with Gasteiger partial charge in [-0.3, -0.25) is 4.79 Å². The Balaban J connectivity index is 2.74. The summed E-state index contributed by atoms with van der Waals surface area (Å²) in [6, 6.07) is 4.62. The molecule has 0 saturated heterocycles. The van der Waals surface area contributed by atoms with Crippen LogP contribution in [0.25, 0.3) is 0 Å². The summed E-state index contributed by atoms with van der Waals surface area (Å²) in [7, 11) is 2.43. The van der Waals surface area contributed by atoms with E-state index in [-0.39, 0.29) is 17.7 Å². The Bertz CT molecular complexity index is 564. The van der Waals surface area contributed by atoms with Gasteiger partial charge in [0.1, 0.15) is 11.8 Å². The van der Waals surface area contributed by atoms with Crippen molar-refractivity contribution in [3.8, 4) is 5.75 Å². The number of nitrogens with one attached hydrogen (secondary N) is 1. The molecule has 1 amide bonds. The first-order valence-corrected chi connectivity index (χ1v) is 6.40. The van der Waals surface area contributed by atoms with Gasteiger partial charge in [0.25, 0.3) is 5.91 Å². The van der Waals surface area contributed by atoms with Crippen LogP contribution in [-0.2, 0) is 19.1 Å². The second kappa shape index (κ2) is 8.46. The van der Waals surface area contributed by atoms with Crippen molar-refractivity contribution in [1.29, 1.82) is 0 Å². The molecule has 2 N–H and O–H groups in total. The molecule has 0 heterocycles. The minimum absolute atomic E-state index is 0.0297. The van der Waals surface area contributed by atoms with E-state index in [1.54, 1.807) is 0 Å². The lowest BCUT2D eigenvalue weighted by Crippen LogP contribution is -2.41. The fourth-order valence-electron chi connectivity index (χ4n) is 1.58. The Labute approximate surface area is 127 Å². The first-order chi connectivity index (χ1) is 10.5. The van der Waals surface area contributed by atoms with Crippen LogP contribution in [-0.4, -0.2) is 43.2 Å². The van der Waals surface area contributed by atoms with Gasteiger partial charge in [0.05, 0.1) is 14.2 Å². The lowest BCUT2D eigenvalue weighted by Gasteiger charge is -2.14. The number of ether oxygens (including phenoxy) is 2. The molecule has 0 unspecified atom stereocenters. The molecule has 118 valence electrons. The Morgan fingerprint density at radius 3 is 2.36 bits per heavy atom. The Morgan fingerprint density at radius 2 is 1.82 bits per heavy atom. The first kappa shape index (κ1) is 17.2. The van der Waals surface area contributed by atoms with Crippen LogP contribution in [0, 0.1) is 0 Å². The van der Waals surface area contributed by atoms with Crippen LogP contribution in [0.2, 0.25) is 0 Å². The van der Waals surface area contributed by atoms with E-state index in [0.29, 0.717) is 0 Å². The minimum atomic E-state index is -0.938. The summed E-state index contributed by atoms with van der Waals surface area (Å²) in [5.41, 5.74) is 0.281. The van der Waals surface area contributed by atoms with Crippen molar-refractivity contribution in [2.45, 2.75) is 12.5 Å². The smallest absolute Gasteiger partial charge is 0.330 e. The van der Waals surface area contributed by atoms with Gasteiger partial charge in [-0.1, -0.05) is 6.08 Å². The Morgan fingerprint density at radius 1 is 1.18 bits per heavy atom. The number of carbonyl (C=O) groups excluding carboxylic acids is 3. The molecular formula is C15H17NO6. The lowest BCUT2D eigenvalue weighted by molar-refractivity contribution is -0.143. The highest BCUT2D eigenvalue weighted by Crippen LogP contribution is 2.10. The van der Waals surface area contributed by atoms with Crippen molar-refractivity contribution in [3.05, 3.63) is 42.0 Å². The van der Waals surface area contributed by atoms with E-state index in [1.165, 1.54) is 44.6 Å². The van der Waals surface area contributed by atoms with Crippen molar-refractivity contribution in [3.63, 3.8) is 0 Å². The number of rotatable bonds is 6. The molecule has 1 aromatic rings. The number of phenolic OH excluding ortho intramolecular Hbond substituents is 1. The predicted octanol–water partition coefficient (Wildman–Crippen LogP) is 0.783. The van der Waals surface area contributed by atoms with Gasteiger partial charge in [0.2, 0.25) is 0 Å². The summed E-state index contributed by atoms with van der Waals surface area (Å²) in [5.74, 6) is -1.67. The van der Waals surface area contributed by atoms with Gasteiger partial charge in [-0.2, -0.15) is 0 Å². The van der Waals surface area contributed by atoms with E-state index in [9.17, 15) is 19.5 Å². The summed E-state index contributed by atoms with van der Waals surface area (Å²) in [4.78, 5) is 34.6. The average Bonchev–Trinajstić information content (AvgIpc) is 2.53. The molecular weight excluding hydrogens is 290 g/mol. The number of benzene rings is 1. The highest BCUT2D eigenvalue weighted by atomic mass is 16.5. The summed E-state index contributed by atoms with van der Waals surface area (Å²) < 4.78 is 9.04. The number of methoxy groups -OCH3 is 2. The number of esters is 2. The molecule has 0 spiro atoms. The molecule has 0 fully saturated rings. The van der Waals surface area contributed by atoms with Gasteiger partial charge >= 0.3 is 11.9 Å². The Kier molecular flexibility index (Phi) is 6.62. The molecule has 1 atom stereocenters. The van der Waals surface area contributed by atoms with Crippen LogP contribution in [0.15, 0.2) is 36.4 Å². The maximum Gasteiger partial charge on any atom is 0.330 e. The molecule has 7 nitrogen and oxygen atoms in total. The number of aromatic hydroxyl groups is 1. The van der Waals surface area contributed by atoms with E-state index < -0.39 is 23.9 Å². The summed E-state index contributed by atoms with van der Waals surface area (Å²) in [5, 5.41) is 11.7. The van der Waals surface area contributed by atoms with Gasteiger partial charge in [0.15, 0.2) is 0 Å². The fourth-order valence-corrected chi connectivity index (χ4v) is 1.58. The Hall–Kier alpha value is -2.83. The van der Waals surface area contributed by atoms with Crippen LogP contribution in [0.4, 0.5) is 0 Å². The van der Waals surface area contributed by atoms with Gasteiger partial charge < -0.3 is 19.9 Å². The first-order valence-electron chi connectivity index (χ1n) is 6.40. The summed E-state index contributed by atoms with van der Waals surface area (Å²) >= 11 is 0. The van der Waals surface area contributed by atoms with Crippen molar-refractivity contribution < 1.29 is 29.0 Å². The lowest BCUT2D eigenvalue weighted by atomic mass is 10.1. The maximum absolute atomic E-state index is 12.0.